The first-order chi connectivity index (χ1) is 9.42. The summed E-state index contributed by atoms with van der Waals surface area (Å²) < 4.78 is 5.32. The maximum absolute atomic E-state index is 11.8. The number of ether oxygens (including phenoxy) is 1. The molecule has 0 heterocycles. The molecule has 0 aromatic heterocycles. The molecule has 1 N–H and O–H groups in total. The van der Waals surface area contributed by atoms with Crippen molar-refractivity contribution in [1.29, 1.82) is 10.5 Å². The summed E-state index contributed by atoms with van der Waals surface area (Å²) in [6, 6.07) is 10.8. The van der Waals surface area contributed by atoms with E-state index in [9.17, 15) is 4.79 Å². The van der Waals surface area contributed by atoms with E-state index in [1.807, 2.05) is 19.9 Å². The fraction of sp³-hybridized carbons (Fsp3) is 0.400. The summed E-state index contributed by atoms with van der Waals surface area (Å²) in [5.74, 6) is -0.0632. The van der Waals surface area contributed by atoms with Crippen molar-refractivity contribution in [3.63, 3.8) is 0 Å². The van der Waals surface area contributed by atoms with Crippen LogP contribution in [0.3, 0.4) is 0 Å². The van der Waals surface area contributed by atoms with Crippen LogP contribution in [0.1, 0.15) is 26.3 Å². The quantitative estimate of drug-likeness (QED) is 0.887. The molecular formula is C15H17N3O2. The Morgan fingerprint density at radius 2 is 2.05 bits per heavy atom. The van der Waals surface area contributed by atoms with Crippen LogP contribution in [-0.2, 0) is 4.79 Å². The van der Waals surface area contributed by atoms with Crippen LogP contribution >= 0.6 is 0 Å². The van der Waals surface area contributed by atoms with Crippen LogP contribution < -0.4 is 10.1 Å². The minimum absolute atomic E-state index is 0.0251. The number of carbonyl (C=O) groups excluding carboxylic acids is 1. The molecule has 0 spiro atoms. The highest BCUT2D eigenvalue weighted by atomic mass is 16.5. The third-order valence-electron chi connectivity index (χ3n) is 3.15. The summed E-state index contributed by atoms with van der Waals surface area (Å²) in [5, 5.41) is 20.7. The molecule has 0 radical (unpaired) electrons. The van der Waals surface area contributed by atoms with Gasteiger partial charge in [-0.1, -0.05) is 26.0 Å². The van der Waals surface area contributed by atoms with Gasteiger partial charge in [-0.3, -0.25) is 4.79 Å². The number of benzene rings is 1. The highest BCUT2D eigenvalue weighted by molar-refractivity contribution is 5.79. The van der Waals surface area contributed by atoms with Gasteiger partial charge in [0.2, 0.25) is 0 Å². The van der Waals surface area contributed by atoms with E-state index in [4.69, 9.17) is 15.3 Å². The van der Waals surface area contributed by atoms with Gasteiger partial charge in [0.15, 0.2) is 6.61 Å². The summed E-state index contributed by atoms with van der Waals surface area (Å²) >= 11 is 0. The Labute approximate surface area is 118 Å². The molecule has 20 heavy (non-hydrogen) atoms. The minimum Gasteiger partial charge on any atom is -0.482 e. The molecule has 1 aromatic carbocycles. The number of nitriles is 2. The van der Waals surface area contributed by atoms with E-state index in [2.05, 4.69) is 11.4 Å². The Bertz CT molecular complexity index is 569. The lowest BCUT2D eigenvalue weighted by Gasteiger charge is -2.27. The van der Waals surface area contributed by atoms with E-state index in [0.29, 0.717) is 11.3 Å². The number of para-hydroxylation sites is 1. The SMILES string of the molecule is CC(C)C(C)(C#N)NC(=O)COc1ccccc1C#N. The maximum atomic E-state index is 11.8. The van der Waals surface area contributed by atoms with E-state index < -0.39 is 11.4 Å². The van der Waals surface area contributed by atoms with Crippen LogP contribution in [-0.4, -0.2) is 18.1 Å². The Hall–Kier alpha value is -2.53. The molecule has 1 atom stereocenters. The smallest absolute Gasteiger partial charge is 0.259 e. The van der Waals surface area contributed by atoms with Gasteiger partial charge in [0.1, 0.15) is 17.4 Å². The van der Waals surface area contributed by atoms with Gasteiger partial charge in [0.05, 0.1) is 11.6 Å². The molecule has 0 aliphatic heterocycles. The van der Waals surface area contributed by atoms with Crippen molar-refractivity contribution < 1.29 is 9.53 Å². The monoisotopic (exact) mass is 271 g/mol. The highest BCUT2D eigenvalue weighted by Crippen LogP contribution is 2.17. The second kappa shape index (κ2) is 6.58. The molecule has 0 aliphatic rings. The lowest BCUT2D eigenvalue weighted by Crippen LogP contribution is -2.50. The van der Waals surface area contributed by atoms with Crippen molar-refractivity contribution in [2.45, 2.75) is 26.3 Å². The number of nitrogens with one attached hydrogen (secondary N) is 1. The number of carbonyl (C=O) groups is 1. The van der Waals surface area contributed by atoms with Crippen LogP contribution in [0.4, 0.5) is 0 Å². The van der Waals surface area contributed by atoms with E-state index in [1.54, 1.807) is 31.2 Å². The number of hydrogen-bond donors (Lipinski definition) is 1. The van der Waals surface area contributed by atoms with Gasteiger partial charge in [0.25, 0.3) is 5.91 Å². The summed E-state index contributed by atoms with van der Waals surface area (Å²) in [6.07, 6.45) is 0. The van der Waals surface area contributed by atoms with Crippen molar-refractivity contribution in [2.75, 3.05) is 6.61 Å². The van der Waals surface area contributed by atoms with Crippen LogP contribution in [0.15, 0.2) is 24.3 Å². The average Bonchev–Trinajstić information content (AvgIpc) is 2.45. The predicted molar refractivity (Wildman–Crippen MR) is 73.7 cm³/mol. The fourth-order valence-electron chi connectivity index (χ4n) is 1.46. The van der Waals surface area contributed by atoms with Crippen LogP contribution in [0.5, 0.6) is 5.75 Å². The van der Waals surface area contributed by atoms with Crippen molar-refractivity contribution in [3.8, 4) is 17.9 Å². The Balaban J connectivity index is 2.65. The normalized spacial score (nSPS) is 12.9. The van der Waals surface area contributed by atoms with Crippen molar-refractivity contribution in [1.82, 2.24) is 5.32 Å². The summed E-state index contributed by atoms with van der Waals surface area (Å²) in [5.41, 5.74) is -0.568. The molecule has 0 saturated carbocycles. The molecule has 1 rings (SSSR count). The van der Waals surface area contributed by atoms with Gasteiger partial charge in [-0.15, -0.1) is 0 Å². The van der Waals surface area contributed by atoms with E-state index in [0.717, 1.165) is 0 Å². The van der Waals surface area contributed by atoms with Gasteiger partial charge >= 0.3 is 0 Å². The van der Waals surface area contributed by atoms with Gasteiger partial charge in [-0.25, -0.2) is 0 Å². The van der Waals surface area contributed by atoms with Gasteiger partial charge < -0.3 is 10.1 Å². The fourth-order valence-corrected chi connectivity index (χ4v) is 1.46. The molecule has 104 valence electrons. The molecule has 5 nitrogen and oxygen atoms in total. The van der Waals surface area contributed by atoms with Crippen LogP contribution in [0.25, 0.3) is 0 Å². The molecule has 0 bridgehead atoms. The number of hydrogen-bond acceptors (Lipinski definition) is 4. The second-order valence-electron chi connectivity index (χ2n) is 4.91. The molecule has 1 amide bonds. The molecule has 1 unspecified atom stereocenters. The standard InChI is InChI=1S/C15H17N3O2/c1-11(2)15(3,10-17)18-14(19)9-20-13-7-5-4-6-12(13)8-16/h4-7,11H,9H2,1-3H3,(H,18,19). The highest BCUT2D eigenvalue weighted by Gasteiger charge is 2.30. The van der Waals surface area contributed by atoms with Crippen molar-refractivity contribution >= 4 is 5.91 Å². The topological polar surface area (TPSA) is 85.9 Å². The first-order valence-corrected chi connectivity index (χ1v) is 6.27. The van der Waals surface area contributed by atoms with E-state index in [1.165, 1.54) is 0 Å². The van der Waals surface area contributed by atoms with Crippen molar-refractivity contribution in [3.05, 3.63) is 29.8 Å². The molecule has 1 aromatic rings. The molecule has 5 heteroatoms. The van der Waals surface area contributed by atoms with Crippen LogP contribution in [0, 0.1) is 28.6 Å². The van der Waals surface area contributed by atoms with Crippen LogP contribution in [0.2, 0.25) is 0 Å². The maximum Gasteiger partial charge on any atom is 0.259 e. The molecular weight excluding hydrogens is 254 g/mol. The number of amides is 1. The van der Waals surface area contributed by atoms with Crippen molar-refractivity contribution in [2.24, 2.45) is 5.92 Å². The first kappa shape index (κ1) is 15.5. The van der Waals surface area contributed by atoms with Gasteiger partial charge in [-0.2, -0.15) is 10.5 Å². The van der Waals surface area contributed by atoms with E-state index in [-0.39, 0.29) is 12.5 Å². The summed E-state index contributed by atoms with van der Waals surface area (Å²) in [6.45, 7) is 5.14. The summed E-state index contributed by atoms with van der Waals surface area (Å²) in [4.78, 5) is 11.8. The Morgan fingerprint density at radius 3 is 2.60 bits per heavy atom. The zero-order chi connectivity index (χ0) is 15.2. The lowest BCUT2D eigenvalue weighted by molar-refractivity contribution is -0.124. The van der Waals surface area contributed by atoms with Gasteiger partial charge in [0, 0.05) is 0 Å². The lowest BCUT2D eigenvalue weighted by atomic mass is 9.90. The first-order valence-electron chi connectivity index (χ1n) is 6.27. The second-order valence-corrected chi connectivity index (χ2v) is 4.91. The minimum atomic E-state index is -0.935. The third kappa shape index (κ3) is 3.73. The zero-order valence-electron chi connectivity index (χ0n) is 11.8. The Morgan fingerprint density at radius 1 is 1.40 bits per heavy atom. The van der Waals surface area contributed by atoms with E-state index >= 15 is 0 Å². The predicted octanol–water partition coefficient (Wildman–Crippen LogP) is 1.99. The molecule has 0 aliphatic carbocycles. The molecule has 0 fully saturated rings. The zero-order valence-corrected chi connectivity index (χ0v) is 11.8. The third-order valence-corrected chi connectivity index (χ3v) is 3.15. The number of rotatable bonds is 5. The molecule has 0 saturated heterocycles. The Kier molecular flexibility index (Phi) is 5.11. The average molecular weight is 271 g/mol. The van der Waals surface area contributed by atoms with Gasteiger partial charge in [-0.05, 0) is 25.0 Å². The number of nitrogens with zero attached hydrogens (tertiary/aromatic N) is 2. The summed E-state index contributed by atoms with van der Waals surface area (Å²) in [7, 11) is 0. The largest absolute Gasteiger partial charge is 0.482 e.